The van der Waals surface area contributed by atoms with Gasteiger partial charge in [-0.2, -0.15) is 4.37 Å². The van der Waals surface area contributed by atoms with E-state index in [2.05, 4.69) is 31.7 Å². The number of nitrogens with one attached hydrogen (secondary N) is 1. The van der Waals surface area contributed by atoms with Gasteiger partial charge in [-0.15, -0.1) is 0 Å². The van der Waals surface area contributed by atoms with Crippen molar-refractivity contribution in [3.8, 4) is 11.5 Å². The van der Waals surface area contributed by atoms with Crippen molar-refractivity contribution in [2.75, 3.05) is 31.5 Å². The Balaban J connectivity index is 1.15. The number of hydrogen-bond acceptors (Lipinski definition) is 6. The standard InChI is InChI=1S/C24H22ClN5O2S/c25-18-4-6-19(7-5-18)32-20-3-1-2-17(14-20)16-29-10-12-30(13-11-29)24(31)28-23-21-15-27-33-22(21)8-9-26-23/h1-9,14-15H,10-13,16H2,(H,26,28,31). The molecule has 0 saturated carbocycles. The molecule has 1 N–H and O–H groups in total. The summed E-state index contributed by atoms with van der Waals surface area (Å²) in [6.07, 6.45) is 3.43. The maximum absolute atomic E-state index is 12.8. The molecule has 0 aliphatic carbocycles. The van der Waals surface area contributed by atoms with Crippen molar-refractivity contribution in [2.24, 2.45) is 0 Å². The van der Waals surface area contributed by atoms with Gasteiger partial charge in [0.05, 0.1) is 16.3 Å². The zero-order chi connectivity index (χ0) is 22.6. The SMILES string of the molecule is O=C(Nc1nccc2sncc12)N1CCN(Cc2cccc(Oc3ccc(Cl)cc3)c2)CC1. The number of benzene rings is 2. The molecular formula is C24H22ClN5O2S. The van der Waals surface area contributed by atoms with Crippen LogP contribution in [0.1, 0.15) is 5.56 Å². The van der Waals surface area contributed by atoms with E-state index in [1.807, 2.05) is 47.4 Å². The number of amides is 2. The van der Waals surface area contributed by atoms with Crippen LogP contribution in [0.4, 0.5) is 10.6 Å². The van der Waals surface area contributed by atoms with E-state index in [1.165, 1.54) is 17.1 Å². The van der Waals surface area contributed by atoms with Crippen molar-refractivity contribution in [2.45, 2.75) is 6.54 Å². The summed E-state index contributed by atoms with van der Waals surface area (Å²) in [6, 6.07) is 17.2. The molecule has 2 aromatic carbocycles. The van der Waals surface area contributed by atoms with Gasteiger partial charge in [0.15, 0.2) is 0 Å². The van der Waals surface area contributed by atoms with E-state index in [0.717, 1.165) is 41.2 Å². The highest BCUT2D eigenvalue weighted by Crippen LogP contribution is 2.25. The van der Waals surface area contributed by atoms with E-state index in [1.54, 1.807) is 12.4 Å². The third-order valence-corrected chi connectivity index (χ3v) is 6.54. The molecule has 0 bridgehead atoms. The third-order valence-electron chi connectivity index (χ3n) is 5.52. The van der Waals surface area contributed by atoms with Gasteiger partial charge in [0.2, 0.25) is 0 Å². The molecule has 168 valence electrons. The Morgan fingerprint density at radius 1 is 1.06 bits per heavy atom. The second kappa shape index (κ2) is 9.74. The van der Waals surface area contributed by atoms with E-state index in [-0.39, 0.29) is 6.03 Å². The van der Waals surface area contributed by atoms with Crippen LogP contribution in [0, 0.1) is 0 Å². The van der Waals surface area contributed by atoms with Crippen LogP contribution in [0.5, 0.6) is 11.5 Å². The number of carbonyl (C=O) groups excluding carboxylic acids is 1. The van der Waals surface area contributed by atoms with Crippen molar-refractivity contribution in [1.82, 2.24) is 19.2 Å². The lowest BCUT2D eigenvalue weighted by Gasteiger charge is -2.34. The van der Waals surface area contributed by atoms with Gasteiger partial charge in [-0.3, -0.25) is 10.2 Å². The van der Waals surface area contributed by atoms with E-state index < -0.39 is 0 Å². The average molecular weight is 480 g/mol. The van der Waals surface area contributed by atoms with Crippen LogP contribution in [-0.4, -0.2) is 51.4 Å². The van der Waals surface area contributed by atoms with Crippen molar-refractivity contribution >= 4 is 45.1 Å². The molecule has 4 aromatic rings. The number of ether oxygens (including phenoxy) is 1. The quantitative estimate of drug-likeness (QED) is 0.410. The minimum Gasteiger partial charge on any atom is -0.457 e. The van der Waals surface area contributed by atoms with Crippen molar-refractivity contribution < 1.29 is 9.53 Å². The number of aromatic nitrogens is 2. The fourth-order valence-electron chi connectivity index (χ4n) is 3.79. The molecule has 33 heavy (non-hydrogen) atoms. The molecule has 0 unspecified atom stereocenters. The zero-order valence-corrected chi connectivity index (χ0v) is 19.4. The summed E-state index contributed by atoms with van der Waals surface area (Å²) in [5, 5.41) is 4.49. The number of halogens is 1. The monoisotopic (exact) mass is 479 g/mol. The maximum Gasteiger partial charge on any atom is 0.323 e. The molecule has 5 rings (SSSR count). The molecule has 2 amide bonds. The van der Waals surface area contributed by atoms with Gasteiger partial charge in [-0.05, 0) is 59.6 Å². The highest BCUT2D eigenvalue weighted by Gasteiger charge is 2.22. The summed E-state index contributed by atoms with van der Waals surface area (Å²) in [5.41, 5.74) is 1.17. The molecule has 7 nitrogen and oxygen atoms in total. The minimum absolute atomic E-state index is 0.126. The van der Waals surface area contributed by atoms with Gasteiger partial charge in [0.25, 0.3) is 0 Å². The Bertz CT molecular complexity index is 1260. The summed E-state index contributed by atoms with van der Waals surface area (Å²) in [6.45, 7) is 3.71. The summed E-state index contributed by atoms with van der Waals surface area (Å²) in [5.74, 6) is 2.10. The number of hydrogen-bond donors (Lipinski definition) is 1. The molecule has 1 saturated heterocycles. The highest BCUT2D eigenvalue weighted by atomic mass is 35.5. The molecule has 2 aromatic heterocycles. The number of fused-ring (bicyclic) bond motifs is 1. The fourth-order valence-corrected chi connectivity index (χ4v) is 4.56. The first-order valence-electron chi connectivity index (χ1n) is 10.6. The van der Waals surface area contributed by atoms with Crippen LogP contribution in [0.15, 0.2) is 67.0 Å². The van der Waals surface area contributed by atoms with E-state index >= 15 is 0 Å². The molecule has 1 aliphatic heterocycles. The number of anilines is 1. The largest absolute Gasteiger partial charge is 0.457 e. The lowest BCUT2D eigenvalue weighted by atomic mass is 10.2. The van der Waals surface area contributed by atoms with Gasteiger partial charge in [-0.1, -0.05) is 23.7 Å². The molecular weight excluding hydrogens is 458 g/mol. The highest BCUT2D eigenvalue weighted by molar-refractivity contribution is 7.13. The normalized spacial score (nSPS) is 14.4. The number of rotatable bonds is 5. The van der Waals surface area contributed by atoms with Crippen molar-refractivity contribution in [1.29, 1.82) is 0 Å². The Hall–Kier alpha value is -3.20. The molecule has 0 atom stereocenters. The van der Waals surface area contributed by atoms with Crippen LogP contribution in [0.25, 0.3) is 10.1 Å². The summed E-state index contributed by atoms with van der Waals surface area (Å²) in [4.78, 5) is 21.2. The number of pyridine rings is 1. The number of nitrogens with zero attached hydrogens (tertiary/aromatic N) is 4. The summed E-state index contributed by atoms with van der Waals surface area (Å²) in [7, 11) is 0. The van der Waals surface area contributed by atoms with Crippen molar-refractivity contribution in [3.05, 3.63) is 77.6 Å². The molecule has 9 heteroatoms. The predicted octanol–water partition coefficient (Wildman–Crippen LogP) is 5.49. The summed E-state index contributed by atoms with van der Waals surface area (Å²) >= 11 is 7.33. The second-order valence-electron chi connectivity index (χ2n) is 7.79. The first kappa shape index (κ1) is 21.6. The fraction of sp³-hybridized carbons (Fsp3) is 0.208. The van der Waals surface area contributed by atoms with Gasteiger partial charge >= 0.3 is 6.03 Å². The molecule has 1 fully saturated rings. The smallest absolute Gasteiger partial charge is 0.323 e. The average Bonchev–Trinajstić information content (AvgIpc) is 3.31. The molecule has 3 heterocycles. The van der Waals surface area contributed by atoms with Crippen LogP contribution < -0.4 is 10.1 Å². The van der Waals surface area contributed by atoms with Crippen LogP contribution in [-0.2, 0) is 6.54 Å². The van der Waals surface area contributed by atoms with E-state index in [4.69, 9.17) is 16.3 Å². The predicted molar refractivity (Wildman–Crippen MR) is 131 cm³/mol. The Labute approximate surface area is 200 Å². The number of piperazine rings is 1. The van der Waals surface area contributed by atoms with Gasteiger partial charge in [0, 0.05) is 43.9 Å². The minimum atomic E-state index is -0.126. The maximum atomic E-state index is 12.8. The lowest BCUT2D eigenvalue weighted by molar-refractivity contribution is 0.143. The van der Waals surface area contributed by atoms with E-state index in [0.29, 0.717) is 23.9 Å². The van der Waals surface area contributed by atoms with Crippen molar-refractivity contribution in [3.63, 3.8) is 0 Å². The van der Waals surface area contributed by atoms with Crippen LogP contribution in [0.2, 0.25) is 5.02 Å². The van der Waals surface area contributed by atoms with Crippen LogP contribution in [0.3, 0.4) is 0 Å². The number of urea groups is 1. The third kappa shape index (κ3) is 5.24. The lowest BCUT2D eigenvalue weighted by Crippen LogP contribution is -2.49. The Morgan fingerprint density at radius 3 is 2.70 bits per heavy atom. The zero-order valence-electron chi connectivity index (χ0n) is 17.8. The number of carbonyl (C=O) groups is 1. The van der Waals surface area contributed by atoms with E-state index in [9.17, 15) is 4.79 Å². The molecule has 0 spiro atoms. The first-order valence-corrected chi connectivity index (χ1v) is 11.8. The van der Waals surface area contributed by atoms with Gasteiger partial charge in [0.1, 0.15) is 17.3 Å². The topological polar surface area (TPSA) is 70.6 Å². The summed E-state index contributed by atoms with van der Waals surface area (Å²) < 4.78 is 11.1. The van der Waals surface area contributed by atoms with Gasteiger partial charge in [-0.25, -0.2) is 9.78 Å². The Kier molecular flexibility index (Phi) is 6.39. The van der Waals surface area contributed by atoms with Gasteiger partial charge < -0.3 is 9.64 Å². The second-order valence-corrected chi connectivity index (χ2v) is 9.06. The molecule has 0 radical (unpaired) electrons. The first-order chi connectivity index (χ1) is 16.1. The van der Waals surface area contributed by atoms with Crippen LogP contribution >= 0.6 is 23.1 Å². The Morgan fingerprint density at radius 2 is 1.88 bits per heavy atom. The molecule has 1 aliphatic rings.